The fraction of sp³-hybridized carbons (Fsp3) is 0.133. The van der Waals surface area contributed by atoms with Gasteiger partial charge >= 0.3 is 0 Å². The van der Waals surface area contributed by atoms with Gasteiger partial charge in [-0.15, -0.1) is 0 Å². The lowest BCUT2D eigenvalue weighted by Crippen LogP contribution is -2.10. The molecule has 0 radical (unpaired) electrons. The van der Waals surface area contributed by atoms with E-state index in [2.05, 4.69) is 5.32 Å². The van der Waals surface area contributed by atoms with E-state index >= 15 is 0 Å². The highest BCUT2D eigenvalue weighted by molar-refractivity contribution is 5.51. The van der Waals surface area contributed by atoms with Crippen LogP contribution in [0, 0.1) is 23.0 Å². The maximum atomic E-state index is 13.7. The molecule has 20 heavy (non-hydrogen) atoms. The minimum Gasteiger partial charge on any atom is -0.497 e. The molecule has 5 heteroatoms. The first-order valence-corrected chi connectivity index (χ1v) is 5.89. The van der Waals surface area contributed by atoms with Crippen molar-refractivity contribution in [2.45, 2.75) is 6.04 Å². The maximum absolute atomic E-state index is 13.7. The molecular weight excluding hydrogens is 262 g/mol. The number of ether oxygens (including phenoxy) is 1. The Morgan fingerprint density at radius 2 is 2.00 bits per heavy atom. The predicted octanol–water partition coefficient (Wildman–Crippen LogP) is 3.65. The normalized spacial score (nSPS) is 11.5. The Morgan fingerprint density at radius 3 is 2.70 bits per heavy atom. The Bertz CT molecular complexity index is 653. The summed E-state index contributed by atoms with van der Waals surface area (Å²) in [5, 5.41) is 12.0. The molecule has 1 atom stereocenters. The SMILES string of the molecule is COc1cccc(NC(C#N)c2cc(F)ccc2F)c1. The highest BCUT2D eigenvalue weighted by Gasteiger charge is 2.16. The van der Waals surface area contributed by atoms with Gasteiger partial charge in [0.05, 0.1) is 13.2 Å². The van der Waals surface area contributed by atoms with Gasteiger partial charge in [0.15, 0.2) is 0 Å². The Kier molecular flexibility index (Phi) is 4.16. The summed E-state index contributed by atoms with van der Waals surface area (Å²) in [5.41, 5.74) is 0.551. The third kappa shape index (κ3) is 3.04. The molecule has 1 unspecified atom stereocenters. The van der Waals surface area contributed by atoms with E-state index in [1.54, 1.807) is 24.3 Å². The zero-order valence-corrected chi connectivity index (χ0v) is 10.7. The second-order valence-corrected chi connectivity index (χ2v) is 4.10. The van der Waals surface area contributed by atoms with E-state index in [4.69, 9.17) is 10.00 Å². The van der Waals surface area contributed by atoms with E-state index < -0.39 is 17.7 Å². The molecule has 0 spiro atoms. The summed E-state index contributed by atoms with van der Waals surface area (Å²) in [7, 11) is 1.52. The molecule has 0 amide bonds. The predicted molar refractivity (Wildman–Crippen MR) is 71.3 cm³/mol. The van der Waals surface area contributed by atoms with Gasteiger partial charge in [-0.05, 0) is 30.3 Å². The van der Waals surface area contributed by atoms with Crippen LogP contribution in [-0.4, -0.2) is 7.11 Å². The molecule has 3 nitrogen and oxygen atoms in total. The van der Waals surface area contributed by atoms with Crippen LogP contribution >= 0.6 is 0 Å². The summed E-state index contributed by atoms with van der Waals surface area (Å²) in [6.45, 7) is 0. The van der Waals surface area contributed by atoms with Crippen molar-refractivity contribution in [3.63, 3.8) is 0 Å². The van der Waals surface area contributed by atoms with E-state index in [1.807, 2.05) is 6.07 Å². The van der Waals surface area contributed by atoms with Gasteiger partial charge in [-0.2, -0.15) is 5.26 Å². The number of methoxy groups -OCH3 is 1. The number of rotatable bonds is 4. The molecule has 0 aliphatic rings. The minimum atomic E-state index is -0.988. The van der Waals surface area contributed by atoms with E-state index in [9.17, 15) is 8.78 Å². The molecule has 2 aromatic carbocycles. The molecule has 0 bridgehead atoms. The molecule has 0 aliphatic heterocycles. The molecule has 0 saturated heterocycles. The second-order valence-electron chi connectivity index (χ2n) is 4.10. The fourth-order valence-electron chi connectivity index (χ4n) is 1.79. The van der Waals surface area contributed by atoms with Crippen LogP contribution in [-0.2, 0) is 0 Å². The van der Waals surface area contributed by atoms with Gasteiger partial charge in [0.25, 0.3) is 0 Å². The van der Waals surface area contributed by atoms with E-state index in [0.717, 1.165) is 18.2 Å². The molecule has 0 aromatic heterocycles. The molecule has 2 rings (SSSR count). The van der Waals surface area contributed by atoms with Crippen molar-refractivity contribution in [3.05, 3.63) is 59.7 Å². The van der Waals surface area contributed by atoms with Gasteiger partial charge in [0.1, 0.15) is 23.4 Å². The molecule has 1 N–H and O–H groups in total. The van der Waals surface area contributed by atoms with Gasteiger partial charge in [0.2, 0.25) is 0 Å². The third-order valence-electron chi connectivity index (χ3n) is 2.78. The van der Waals surface area contributed by atoms with Gasteiger partial charge in [-0.3, -0.25) is 0 Å². The van der Waals surface area contributed by atoms with Crippen molar-refractivity contribution >= 4 is 5.69 Å². The molecule has 102 valence electrons. The lowest BCUT2D eigenvalue weighted by molar-refractivity contribution is 0.415. The number of nitriles is 1. The van der Waals surface area contributed by atoms with Crippen LogP contribution in [0.5, 0.6) is 5.75 Å². The van der Waals surface area contributed by atoms with Crippen LogP contribution in [0.25, 0.3) is 0 Å². The molecular formula is C15H12F2N2O. The molecule has 0 fully saturated rings. The first-order valence-electron chi connectivity index (χ1n) is 5.89. The zero-order valence-electron chi connectivity index (χ0n) is 10.7. The molecule has 2 aromatic rings. The number of halogens is 2. The van der Waals surface area contributed by atoms with Crippen LogP contribution in [0.4, 0.5) is 14.5 Å². The van der Waals surface area contributed by atoms with Crippen molar-refractivity contribution < 1.29 is 13.5 Å². The van der Waals surface area contributed by atoms with E-state index in [0.29, 0.717) is 11.4 Å². The van der Waals surface area contributed by atoms with Crippen LogP contribution in [0.1, 0.15) is 11.6 Å². The first-order chi connectivity index (χ1) is 9.63. The van der Waals surface area contributed by atoms with Gasteiger partial charge in [0, 0.05) is 17.3 Å². The van der Waals surface area contributed by atoms with Gasteiger partial charge in [-0.1, -0.05) is 6.07 Å². The van der Waals surface area contributed by atoms with Crippen molar-refractivity contribution in [1.82, 2.24) is 0 Å². The molecule has 0 saturated carbocycles. The van der Waals surface area contributed by atoms with Crippen molar-refractivity contribution in [1.29, 1.82) is 5.26 Å². The van der Waals surface area contributed by atoms with Crippen LogP contribution in [0.3, 0.4) is 0 Å². The summed E-state index contributed by atoms with van der Waals surface area (Å²) < 4.78 is 31.9. The van der Waals surface area contributed by atoms with E-state index in [1.165, 1.54) is 7.11 Å². The fourth-order valence-corrected chi connectivity index (χ4v) is 1.79. The average molecular weight is 274 g/mol. The third-order valence-corrected chi connectivity index (χ3v) is 2.78. The number of benzene rings is 2. The first kappa shape index (κ1) is 13.8. The van der Waals surface area contributed by atoms with Gasteiger partial charge in [-0.25, -0.2) is 8.78 Å². The lowest BCUT2D eigenvalue weighted by Gasteiger charge is -2.14. The number of hydrogen-bond acceptors (Lipinski definition) is 3. The largest absolute Gasteiger partial charge is 0.497 e. The number of nitrogens with zero attached hydrogens (tertiary/aromatic N) is 1. The number of hydrogen-bond donors (Lipinski definition) is 1. The summed E-state index contributed by atoms with van der Waals surface area (Å²) in [6.07, 6.45) is 0. The highest BCUT2D eigenvalue weighted by atomic mass is 19.1. The van der Waals surface area contributed by atoms with E-state index in [-0.39, 0.29) is 5.56 Å². The number of nitrogens with one attached hydrogen (secondary N) is 1. The summed E-state index contributed by atoms with van der Waals surface area (Å²) in [4.78, 5) is 0. The van der Waals surface area contributed by atoms with Gasteiger partial charge < -0.3 is 10.1 Å². The minimum absolute atomic E-state index is 0.0321. The lowest BCUT2D eigenvalue weighted by atomic mass is 10.1. The van der Waals surface area contributed by atoms with Crippen molar-refractivity contribution in [2.75, 3.05) is 12.4 Å². The average Bonchev–Trinajstić information content (AvgIpc) is 2.47. The Morgan fingerprint density at radius 1 is 1.20 bits per heavy atom. The summed E-state index contributed by atoms with van der Waals surface area (Å²) in [5.74, 6) is -0.617. The topological polar surface area (TPSA) is 45.0 Å². The van der Waals surface area contributed by atoms with Crippen LogP contribution in [0.2, 0.25) is 0 Å². The zero-order chi connectivity index (χ0) is 14.5. The second kappa shape index (κ2) is 6.02. The van der Waals surface area contributed by atoms with Crippen molar-refractivity contribution in [3.8, 4) is 11.8 Å². The standard InChI is InChI=1S/C15H12F2N2O/c1-20-12-4-2-3-11(8-12)19-15(9-18)13-7-10(16)5-6-14(13)17/h2-8,15,19H,1H3. The molecule has 0 aliphatic carbocycles. The van der Waals surface area contributed by atoms with Crippen LogP contribution in [0.15, 0.2) is 42.5 Å². The maximum Gasteiger partial charge on any atom is 0.143 e. The Labute approximate surface area is 115 Å². The number of anilines is 1. The smallest absolute Gasteiger partial charge is 0.143 e. The quantitative estimate of drug-likeness (QED) is 0.925. The monoisotopic (exact) mass is 274 g/mol. The Balaban J connectivity index is 2.29. The summed E-state index contributed by atoms with van der Waals surface area (Å²) >= 11 is 0. The Hall–Kier alpha value is -2.61. The van der Waals surface area contributed by atoms with Crippen LogP contribution < -0.4 is 10.1 Å². The molecule has 0 heterocycles. The summed E-state index contributed by atoms with van der Waals surface area (Å²) in [6, 6.07) is 10.8. The van der Waals surface area contributed by atoms with Crippen molar-refractivity contribution in [2.24, 2.45) is 0 Å². The highest BCUT2D eigenvalue weighted by Crippen LogP contribution is 2.24.